The number of nitrogens with one attached hydrogen (secondary N) is 2. The highest BCUT2D eigenvalue weighted by molar-refractivity contribution is 5.76. The van der Waals surface area contributed by atoms with Gasteiger partial charge in [0.2, 0.25) is 11.8 Å². The molecule has 0 aliphatic carbocycles. The number of hydrogen-bond acceptors (Lipinski definition) is 2. The average Bonchev–Trinajstić information content (AvgIpc) is 2.36. The second-order valence-electron chi connectivity index (χ2n) is 5.44. The van der Waals surface area contributed by atoms with Crippen molar-refractivity contribution in [1.82, 2.24) is 10.6 Å². The van der Waals surface area contributed by atoms with Gasteiger partial charge in [-0.1, -0.05) is 33.6 Å². The zero-order chi connectivity index (χ0) is 14.5. The van der Waals surface area contributed by atoms with Crippen molar-refractivity contribution in [2.45, 2.75) is 65.7 Å². The van der Waals surface area contributed by atoms with Gasteiger partial charge in [-0.2, -0.15) is 0 Å². The van der Waals surface area contributed by atoms with Crippen molar-refractivity contribution in [2.24, 2.45) is 5.92 Å². The van der Waals surface area contributed by atoms with Crippen LogP contribution in [0.5, 0.6) is 0 Å². The van der Waals surface area contributed by atoms with Crippen LogP contribution >= 0.6 is 0 Å². The van der Waals surface area contributed by atoms with Gasteiger partial charge in [-0.05, 0) is 25.2 Å². The Hall–Kier alpha value is -1.06. The molecular formula is C15H30N2O2. The molecule has 0 unspecified atom stereocenters. The molecule has 0 aliphatic heterocycles. The Balaban J connectivity index is 3.34. The van der Waals surface area contributed by atoms with Crippen molar-refractivity contribution in [1.29, 1.82) is 0 Å². The number of carbonyl (C=O) groups excluding carboxylic acids is 2. The van der Waals surface area contributed by atoms with Crippen LogP contribution in [-0.2, 0) is 9.59 Å². The number of hydrogen-bond donors (Lipinski definition) is 2. The summed E-state index contributed by atoms with van der Waals surface area (Å²) in [5.41, 5.74) is 0. The smallest absolute Gasteiger partial charge is 0.220 e. The monoisotopic (exact) mass is 270 g/mol. The molecule has 2 N–H and O–H groups in total. The summed E-state index contributed by atoms with van der Waals surface area (Å²) >= 11 is 0. The fraction of sp³-hybridized carbons (Fsp3) is 0.867. The van der Waals surface area contributed by atoms with Crippen LogP contribution < -0.4 is 10.6 Å². The lowest BCUT2D eigenvalue weighted by Gasteiger charge is -2.07. The minimum Gasteiger partial charge on any atom is -0.356 e. The topological polar surface area (TPSA) is 58.2 Å². The van der Waals surface area contributed by atoms with Crippen molar-refractivity contribution >= 4 is 11.8 Å². The largest absolute Gasteiger partial charge is 0.356 e. The molecule has 0 spiro atoms. The van der Waals surface area contributed by atoms with Crippen molar-refractivity contribution < 1.29 is 9.59 Å². The van der Waals surface area contributed by atoms with E-state index in [-0.39, 0.29) is 11.8 Å². The van der Waals surface area contributed by atoms with Crippen LogP contribution in [0.3, 0.4) is 0 Å². The van der Waals surface area contributed by atoms with Crippen LogP contribution in [-0.4, -0.2) is 24.9 Å². The Morgan fingerprint density at radius 3 is 2.00 bits per heavy atom. The molecule has 2 amide bonds. The molecule has 0 saturated heterocycles. The highest BCUT2D eigenvalue weighted by atomic mass is 16.2. The van der Waals surface area contributed by atoms with E-state index in [9.17, 15) is 9.59 Å². The minimum atomic E-state index is 0.114. The van der Waals surface area contributed by atoms with E-state index in [1.165, 1.54) is 0 Å². The Bertz CT molecular complexity index is 253. The molecule has 19 heavy (non-hydrogen) atoms. The number of rotatable bonds is 11. The highest BCUT2D eigenvalue weighted by Crippen LogP contribution is 2.02. The highest BCUT2D eigenvalue weighted by Gasteiger charge is 2.03. The molecule has 0 rings (SSSR count). The molecule has 0 heterocycles. The molecule has 4 nitrogen and oxygen atoms in total. The fourth-order valence-corrected chi connectivity index (χ4v) is 1.68. The maximum absolute atomic E-state index is 11.4. The quantitative estimate of drug-likeness (QED) is 0.567. The van der Waals surface area contributed by atoms with E-state index in [2.05, 4.69) is 31.4 Å². The third kappa shape index (κ3) is 13.2. The molecule has 0 aromatic carbocycles. The first-order valence-corrected chi connectivity index (χ1v) is 7.59. The first-order chi connectivity index (χ1) is 9.06. The first kappa shape index (κ1) is 17.9. The second-order valence-corrected chi connectivity index (χ2v) is 5.44. The summed E-state index contributed by atoms with van der Waals surface area (Å²) in [6.45, 7) is 7.64. The standard InChI is InChI=1S/C15H30N2O2/c1-4-5-6-8-14(18)16-11-7-12-17-15(19)10-9-13(2)3/h13H,4-12H2,1-3H3,(H,16,18)(H,17,19). The maximum Gasteiger partial charge on any atom is 0.220 e. The molecule has 0 aliphatic rings. The lowest BCUT2D eigenvalue weighted by atomic mass is 10.1. The molecule has 0 bridgehead atoms. The molecule has 0 atom stereocenters. The predicted octanol–water partition coefficient (Wildman–Crippen LogP) is 2.63. The van der Waals surface area contributed by atoms with Crippen LogP contribution in [0.25, 0.3) is 0 Å². The van der Waals surface area contributed by atoms with Crippen LogP contribution in [0.4, 0.5) is 0 Å². The Labute approximate surface area is 117 Å². The molecule has 4 heteroatoms. The van der Waals surface area contributed by atoms with E-state index in [1.54, 1.807) is 0 Å². The van der Waals surface area contributed by atoms with E-state index in [1.807, 2.05) is 0 Å². The van der Waals surface area contributed by atoms with Crippen molar-refractivity contribution in [3.63, 3.8) is 0 Å². The van der Waals surface area contributed by atoms with Gasteiger partial charge in [-0.15, -0.1) is 0 Å². The molecule has 0 radical (unpaired) electrons. The minimum absolute atomic E-state index is 0.114. The van der Waals surface area contributed by atoms with Gasteiger partial charge in [-0.3, -0.25) is 9.59 Å². The van der Waals surface area contributed by atoms with E-state index in [0.717, 1.165) is 32.1 Å². The first-order valence-electron chi connectivity index (χ1n) is 7.59. The molecule has 0 fully saturated rings. The van der Waals surface area contributed by atoms with Gasteiger partial charge < -0.3 is 10.6 Å². The number of unbranched alkanes of at least 4 members (excludes halogenated alkanes) is 2. The van der Waals surface area contributed by atoms with Gasteiger partial charge in [0.1, 0.15) is 0 Å². The fourth-order valence-electron chi connectivity index (χ4n) is 1.68. The second kappa shape index (κ2) is 12.0. The summed E-state index contributed by atoms with van der Waals surface area (Å²) in [6.07, 6.45) is 6.16. The summed E-state index contributed by atoms with van der Waals surface area (Å²) in [7, 11) is 0. The lowest BCUT2D eigenvalue weighted by molar-refractivity contribution is -0.121. The zero-order valence-corrected chi connectivity index (χ0v) is 12.8. The molecule has 0 aromatic heterocycles. The summed E-state index contributed by atoms with van der Waals surface area (Å²) in [6, 6.07) is 0. The third-order valence-corrected chi connectivity index (χ3v) is 2.95. The number of amides is 2. The normalized spacial score (nSPS) is 10.5. The summed E-state index contributed by atoms with van der Waals surface area (Å²) in [5, 5.41) is 5.75. The van der Waals surface area contributed by atoms with E-state index < -0.39 is 0 Å². The van der Waals surface area contributed by atoms with Gasteiger partial charge in [0, 0.05) is 25.9 Å². The van der Waals surface area contributed by atoms with Crippen LogP contribution in [0, 0.1) is 5.92 Å². The van der Waals surface area contributed by atoms with Crippen molar-refractivity contribution in [3.05, 3.63) is 0 Å². The van der Waals surface area contributed by atoms with Crippen LogP contribution in [0.1, 0.15) is 65.7 Å². The number of carbonyl (C=O) groups is 2. The molecule has 0 aromatic rings. The third-order valence-electron chi connectivity index (χ3n) is 2.95. The van der Waals surface area contributed by atoms with E-state index in [0.29, 0.717) is 31.8 Å². The maximum atomic E-state index is 11.4. The Morgan fingerprint density at radius 1 is 0.895 bits per heavy atom. The predicted molar refractivity (Wildman–Crippen MR) is 78.9 cm³/mol. The average molecular weight is 270 g/mol. The Kier molecular flexibility index (Phi) is 11.3. The SMILES string of the molecule is CCCCCC(=O)NCCCNC(=O)CCC(C)C. The van der Waals surface area contributed by atoms with Crippen LogP contribution in [0.15, 0.2) is 0 Å². The van der Waals surface area contributed by atoms with Gasteiger partial charge in [0.25, 0.3) is 0 Å². The van der Waals surface area contributed by atoms with Crippen LogP contribution in [0.2, 0.25) is 0 Å². The molecule has 112 valence electrons. The van der Waals surface area contributed by atoms with Gasteiger partial charge in [-0.25, -0.2) is 0 Å². The molecule has 0 saturated carbocycles. The lowest BCUT2D eigenvalue weighted by Crippen LogP contribution is -2.29. The summed E-state index contributed by atoms with van der Waals surface area (Å²) in [4.78, 5) is 22.8. The van der Waals surface area contributed by atoms with E-state index >= 15 is 0 Å². The molecular weight excluding hydrogens is 240 g/mol. The Morgan fingerprint density at radius 2 is 1.47 bits per heavy atom. The van der Waals surface area contributed by atoms with E-state index in [4.69, 9.17) is 0 Å². The van der Waals surface area contributed by atoms with Gasteiger partial charge in [0.05, 0.1) is 0 Å². The summed E-state index contributed by atoms with van der Waals surface area (Å²) in [5.74, 6) is 0.802. The summed E-state index contributed by atoms with van der Waals surface area (Å²) < 4.78 is 0. The van der Waals surface area contributed by atoms with Gasteiger partial charge >= 0.3 is 0 Å². The van der Waals surface area contributed by atoms with Crippen molar-refractivity contribution in [2.75, 3.05) is 13.1 Å². The zero-order valence-electron chi connectivity index (χ0n) is 12.8. The van der Waals surface area contributed by atoms with Gasteiger partial charge in [0.15, 0.2) is 0 Å². The van der Waals surface area contributed by atoms with Crippen molar-refractivity contribution in [3.8, 4) is 0 Å².